The molecule has 0 fully saturated rings. The Labute approximate surface area is 139 Å². The van der Waals surface area contributed by atoms with Crippen LogP contribution in [0.4, 0.5) is 5.69 Å². The van der Waals surface area contributed by atoms with Crippen molar-refractivity contribution in [1.29, 1.82) is 0 Å². The molecule has 116 valence electrons. The van der Waals surface area contributed by atoms with Crippen LogP contribution in [-0.2, 0) is 6.42 Å². The van der Waals surface area contributed by atoms with E-state index < -0.39 is 0 Å². The molecule has 0 aliphatic heterocycles. The summed E-state index contributed by atoms with van der Waals surface area (Å²) in [6.45, 7) is 4.13. The first-order chi connectivity index (χ1) is 11.2. The van der Waals surface area contributed by atoms with E-state index in [-0.39, 0.29) is 5.91 Å². The summed E-state index contributed by atoms with van der Waals surface area (Å²) in [4.78, 5) is 13.0. The topological polar surface area (TPSA) is 54.9 Å². The standard InChI is InChI=1S/C18H17N3OS/c1-3-13-6-10-15(11-7-13)19-18(22)17-16(20-21-23-17)14-8-4-12(2)5-9-14/h4-11H,3H2,1-2H3,(H,19,22). The van der Waals surface area contributed by atoms with Crippen LogP contribution >= 0.6 is 11.5 Å². The van der Waals surface area contributed by atoms with E-state index in [0.29, 0.717) is 10.6 Å². The largest absolute Gasteiger partial charge is 0.321 e. The van der Waals surface area contributed by atoms with Gasteiger partial charge < -0.3 is 5.32 Å². The average Bonchev–Trinajstić information content (AvgIpc) is 3.06. The summed E-state index contributed by atoms with van der Waals surface area (Å²) in [5.41, 5.74) is 4.70. The Bertz CT molecular complexity index is 807. The Balaban J connectivity index is 1.82. The highest BCUT2D eigenvalue weighted by Gasteiger charge is 2.17. The zero-order chi connectivity index (χ0) is 16.2. The van der Waals surface area contributed by atoms with Gasteiger partial charge in [-0.2, -0.15) is 0 Å². The van der Waals surface area contributed by atoms with E-state index in [1.165, 1.54) is 11.1 Å². The molecular weight excluding hydrogens is 306 g/mol. The molecule has 0 aliphatic carbocycles. The lowest BCUT2D eigenvalue weighted by Gasteiger charge is -2.06. The molecule has 0 bridgehead atoms. The van der Waals surface area contributed by atoms with E-state index in [1.807, 2.05) is 55.5 Å². The van der Waals surface area contributed by atoms with Crippen molar-refractivity contribution >= 4 is 23.1 Å². The van der Waals surface area contributed by atoms with Gasteiger partial charge in [0.1, 0.15) is 10.6 Å². The number of carbonyl (C=O) groups excluding carboxylic acids is 1. The molecule has 0 aliphatic rings. The van der Waals surface area contributed by atoms with Gasteiger partial charge in [-0.25, -0.2) is 0 Å². The Kier molecular flexibility index (Phi) is 4.48. The van der Waals surface area contributed by atoms with Gasteiger partial charge in [0.2, 0.25) is 0 Å². The Morgan fingerprint density at radius 1 is 1.09 bits per heavy atom. The van der Waals surface area contributed by atoms with Crippen LogP contribution in [0, 0.1) is 6.92 Å². The molecule has 23 heavy (non-hydrogen) atoms. The van der Waals surface area contributed by atoms with Crippen LogP contribution in [0.5, 0.6) is 0 Å². The van der Waals surface area contributed by atoms with Crippen molar-refractivity contribution in [2.24, 2.45) is 0 Å². The number of anilines is 1. The lowest BCUT2D eigenvalue weighted by atomic mass is 10.1. The molecule has 0 saturated heterocycles. The van der Waals surface area contributed by atoms with Gasteiger partial charge in [0, 0.05) is 11.3 Å². The van der Waals surface area contributed by atoms with Crippen LogP contribution < -0.4 is 5.32 Å². The smallest absolute Gasteiger partial charge is 0.269 e. The number of hydrogen-bond acceptors (Lipinski definition) is 4. The van der Waals surface area contributed by atoms with E-state index >= 15 is 0 Å². The predicted octanol–water partition coefficient (Wildman–Crippen LogP) is 4.33. The van der Waals surface area contributed by atoms with E-state index in [0.717, 1.165) is 29.2 Å². The minimum atomic E-state index is -0.181. The maximum absolute atomic E-state index is 12.5. The highest BCUT2D eigenvalue weighted by atomic mass is 32.1. The molecule has 4 nitrogen and oxygen atoms in total. The zero-order valence-corrected chi connectivity index (χ0v) is 13.9. The van der Waals surface area contributed by atoms with Gasteiger partial charge in [0.05, 0.1) is 0 Å². The fourth-order valence-electron chi connectivity index (χ4n) is 2.25. The molecule has 0 radical (unpaired) electrons. The number of nitrogens with zero attached hydrogens (tertiary/aromatic N) is 2. The molecule has 3 rings (SSSR count). The normalized spacial score (nSPS) is 10.5. The summed E-state index contributed by atoms with van der Waals surface area (Å²) in [7, 11) is 0. The SMILES string of the molecule is CCc1ccc(NC(=O)c2snnc2-c2ccc(C)cc2)cc1. The summed E-state index contributed by atoms with van der Waals surface area (Å²) >= 11 is 1.11. The second kappa shape index (κ2) is 6.71. The fourth-order valence-corrected chi connectivity index (χ4v) is 2.83. The number of aryl methyl sites for hydroxylation is 2. The molecule has 1 heterocycles. The van der Waals surface area contributed by atoms with Gasteiger partial charge in [0.15, 0.2) is 0 Å². The van der Waals surface area contributed by atoms with Crippen LogP contribution in [0.25, 0.3) is 11.3 Å². The summed E-state index contributed by atoms with van der Waals surface area (Å²) in [6.07, 6.45) is 0.977. The first-order valence-corrected chi connectivity index (χ1v) is 8.24. The van der Waals surface area contributed by atoms with Gasteiger partial charge in [-0.05, 0) is 42.6 Å². The number of carbonyl (C=O) groups is 1. The van der Waals surface area contributed by atoms with Crippen molar-refractivity contribution < 1.29 is 4.79 Å². The Morgan fingerprint density at radius 2 is 1.78 bits per heavy atom. The number of nitrogens with one attached hydrogen (secondary N) is 1. The number of rotatable bonds is 4. The van der Waals surface area contributed by atoms with Gasteiger partial charge >= 0.3 is 0 Å². The molecule has 0 spiro atoms. The Morgan fingerprint density at radius 3 is 2.43 bits per heavy atom. The molecular formula is C18H17N3OS. The molecule has 1 amide bonds. The lowest BCUT2D eigenvalue weighted by molar-refractivity contribution is 0.103. The third-order valence-corrected chi connectivity index (χ3v) is 4.36. The van der Waals surface area contributed by atoms with E-state index in [1.54, 1.807) is 0 Å². The van der Waals surface area contributed by atoms with E-state index in [2.05, 4.69) is 21.8 Å². The summed E-state index contributed by atoms with van der Waals surface area (Å²) in [5.74, 6) is -0.181. The minimum Gasteiger partial charge on any atom is -0.321 e. The quantitative estimate of drug-likeness (QED) is 0.777. The summed E-state index contributed by atoms with van der Waals surface area (Å²) in [6, 6.07) is 15.8. The third-order valence-electron chi connectivity index (χ3n) is 3.64. The van der Waals surface area contributed by atoms with Crippen molar-refractivity contribution in [3.63, 3.8) is 0 Å². The van der Waals surface area contributed by atoms with E-state index in [4.69, 9.17) is 0 Å². The highest BCUT2D eigenvalue weighted by Crippen LogP contribution is 2.25. The average molecular weight is 323 g/mol. The zero-order valence-electron chi connectivity index (χ0n) is 13.0. The molecule has 2 aromatic carbocycles. The predicted molar refractivity (Wildman–Crippen MR) is 93.9 cm³/mol. The molecule has 1 N–H and O–H groups in total. The molecule has 0 unspecified atom stereocenters. The first kappa shape index (κ1) is 15.4. The Hall–Kier alpha value is -2.53. The van der Waals surface area contributed by atoms with Gasteiger partial charge in [-0.1, -0.05) is 53.4 Å². The number of hydrogen-bond donors (Lipinski definition) is 1. The second-order valence-corrected chi connectivity index (χ2v) is 6.08. The molecule has 3 aromatic rings. The first-order valence-electron chi connectivity index (χ1n) is 7.47. The van der Waals surface area contributed by atoms with Gasteiger partial charge in [-0.15, -0.1) is 5.10 Å². The molecule has 0 atom stereocenters. The van der Waals surface area contributed by atoms with Crippen LogP contribution in [0.3, 0.4) is 0 Å². The molecule has 5 heteroatoms. The van der Waals surface area contributed by atoms with Crippen molar-refractivity contribution in [3.8, 4) is 11.3 Å². The monoisotopic (exact) mass is 323 g/mol. The third kappa shape index (κ3) is 3.46. The number of amides is 1. The van der Waals surface area contributed by atoms with Crippen molar-refractivity contribution in [2.45, 2.75) is 20.3 Å². The van der Waals surface area contributed by atoms with Crippen LogP contribution in [0.15, 0.2) is 48.5 Å². The molecule has 1 aromatic heterocycles. The lowest BCUT2D eigenvalue weighted by Crippen LogP contribution is -2.11. The number of aromatic nitrogens is 2. The maximum Gasteiger partial charge on any atom is 0.269 e. The summed E-state index contributed by atoms with van der Waals surface area (Å²) < 4.78 is 3.94. The van der Waals surface area contributed by atoms with Crippen LogP contribution in [0.2, 0.25) is 0 Å². The van der Waals surface area contributed by atoms with Crippen LogP contribution in [-0.4, -0.2) is 15.5 Å². The van der Waals surface area contributed by atoms with E-state index in [9.17, 15) is 4.79 Å². The van der Waals surface area contributed by atoms with Gasteiger partial charge in [0.25, 0.3) is 5.91 Å². The summed E-state index contributed by atoms with van der Waals surface area (Å²) in [5, 5.41) is 7.02. The van der Waals surface area contributed by atoms with Gasteiger partial charge in [-0.3, -0.25) is 4.79 Å². The molecule has 0 saturated carbocycles. The fraction of sp³-hybridized carbons (Fsp3) is 0.167. The van der Waals surface area contributed by atoms with Crippen LogP contribution in [0.1, 0.15) is 27.7 Å². The van der Waals surface area contributed by atoms with Crippen molar-refractivity contribution in [2.75, 3.05) is 5.32 Å². The van der Waals surface area contributed by atoms with Crippen molar-refractivity contribution in [1.82, 2.24) is 9.59 Å². The van der Waals surface area contributed by atoms with Crippen molar-refractivity contribution in [3.05, 3.63) is 64.5 Å². The highest BCUT2D eigenvalue weighted by molar-refractivity contribution is 7.08. The minimum absolute atomic E-state index is 0.181. The second-order valence-electron chi connectivity index (χ2n) is 5.32. The number of benzene rings is 2. The maximum atomic E-state index is 12.5.